The molecule has 1 N–H and O–H groups in total. The van der Waals surface area contributed by atoms with Gasteiger partial charge >= 0.3 is 0 Å². The SMILES string of the molecule is O=C(CN1CCC(C2OCCO2)CC1)Nc1ccc(Oc2ccc(Br)cc2)cc1. The number of carbonyl (C=O) groups excluding carboxylic acids is 1. The van der Waals surface area contributed by atoms with Crippen molar-refractivity contribution in [3.05, 3.63) is 53.0 Å². The van der Waals surface area contributed by atoms with E-state index in [1.807, 2.05) is 48.5 Å². The fourth-order valence-corrected chi connectivity index (χ4v) is 3.94. The van der Waals surface area contributed by atoms with Gasteiger partial charge in [-0.1, -0.05) is 15.9 Å². The third-order valence-electron chi connectivity index (χ3n) is 5.22. The highest BCUT2D eigenvalue weighted by Gasteiger charge is 2.30. The Morgan fingerprint density at radius 2 is 1.59 bits per heavy atom. The molecule has 0 saturated carbocycles. The number of nitrogens with one attached hydrogen (secondary N) is 1. The van der Waals surface area contributed by atoms with Crippen LogP contribution in [-0.2, 0) is 14.3 Å². The summed E-state index contributed by atoms with van der Waals surface area (Å²) in [5.41, 5.74) is 0.765. The molecule has 29 heavy (non-hydrogen) atoms. The molecule has 6 nitrogen and oxygen atoms in total. The number of hydrogen-bond donors (Lipinski definition) is 1. The summed E-state index contributed by atoms with van der Waals surface area (Å²) in [6.07, 6.45) is 1.95. The van der Waals surface area contributed by atoms with Gasteiger partial charge in [-0.2, -0.15) is 0 Å². The summed E-state index contributed by atoms with van der Waals surface area (Å²) in [5, 5.41) is 2.96. The lowest BCUT2D eigenvalue weighted by atomic mass is 9.96. The van der Waals surface area contributed by atoms with Gasteiger partial charge in [-0.25, -0.2) is 0 Å². The van der Waals surface area contributed by atoms with E-state index >= 15 is 0 Å². The maximum Gasteiger partial charge on any atom is 0.238 e. The monoisotopic (exact) mass is 460 g/mol. The highest BCUT2D eigenvalue weighted by molar-refractivity contribution is 9.10. The summed E-state index contributed by atoms with van der Waals surface area (Å²) in [4.78, 5) is 14.6. The average Bonchev–Trinajstić information content (AvgIpc) is 3.27. The van der Waals surface area contributed by atoms with E-state index in [9.17, 15) is 4.79 Å². The fraction of sp³-hybridized carbons (Fsp3) is 0.409. The quantitative estimate of drug-likeness (QED) is 0.697. The Morgan fingerprint density at radius 3 is 2.21 bits per heavy atom. The van der Waals surface area contributed by atoms with Gasteiger partial charge in [0.2, 0.25) is 5.91 Å². The van der Waals surface area contributed by atoms with E-state index in [4.69, 9.17) is 14.2 Å². The number of benzene rings is 2. The highest BCUT2D eigenvalue weighted by Crippen LogP contribution is 2.26. The number of likely N-dealkylation sites (tertiary alicyclic amines) is 1. The van der Waals surface area contributed by atoms with Crippen molar-refractivity contribution in [1.29, 1.82) is 0 Å². The van der Waals surface area contributed by atoms with Crippen LogP contribution in [-0.4, -0.2) is 49.9 Å². The molecule has 0 aliphatic carbocycles. The lowest BCUT2D eigenvalue weighted by Crippen LogP contribution is -2.41. The van der Waals surface area contributed by atoms with Crippen LogP contribution in [0.4, 0.5) is 5.69 Å². The number of piperidine rings is 1. The molecule has 2 heterocycles. The summed E-state index contributed by atoms with van der Waals surface area (Å²) in [5.74, 6) is 1.93. The number of halogens is 1. The Hall–Kier alpha value is -1.93. The smallest absolute Gasteiger partial charge is 0.238 e. The minimum absolute atomic E-state index is 0.00149. The molecule has 0 aromatic heterocycles. The second-order valence-electron chi connectivity index (χ2n) is 7.35. The minimum Gasteiger partial charge on any atom is -0.457 e. The first-order valence-corrected chi connectivity index (χ1v) is 10.7. The van der Waals surface area contributed by atoms with E-state index < -0.39 is 0 Å². The lowest BCUT2D eigenvalue weighted by Gasteiger charge is -2.33. The van der Waals surface area contributed by atoms with E-state index in [0.717, 1.165) is 47.6 Å². The van der Waals surface area contributed by atoms with Crippen molar-refractivity contribution in [1.82, 2.24) is 4.90 Å². The normalized spacial score (nSPS) is 18.7. The van der Waals surface area contributed by atoms with Gasteiger partial charge in [0.15, 0.2) is 6.29 Å². The Kier molecular flexibility index (Phi) is 6.82. The maximum atomic E-state index is 12.4. The van der Waals surface area contributed by atoms with Crippen molar-refractivity contribution in [3.63, 3.8) is 0 Å². The predicted octanol–water partition coefficient (Wildman–Crippen LogP) is 4.26. The van der Waals surface area contributed by atoms with Crippen LogP contribution in [0.3, 0.4) is 0 Å². The zero-order valence-electron chi connectivity index (χ0n) is 16.2. The van der Waals surface area contributed by atoms with Gasteiger partial charge < -0.3 is 19.5 Å². The van der Waals surface area contributed by atoms with Gasteiger partial charge in [-0.15, -0.1) is 0 Å². The molecule has 154 valence electrons. The zero-order chi connectivity index (χ0) is 20.1. The van der Waals surface area contributed by atoms with E-state index in [2.05, 4.69) is 26.1 Å². The third-order valence-corrected chi connectivity index (χ3v) is 5.75. The van der Waals surface area contributed by atoms with Crippen LogP contribution >= 0.6 is 15.9 Å². The van der Waals surface area contributed by atoms with E-state index in [1.165, 1.54) is 0 Å². The Morgan fingerprint density at radius 1 is 1.00 bits per heavy atom. The van der Waals surface area contributed by atoms with Crippen LogP contribution in [0.5, 0.6) is 11.5 Å². The highest BCUT2D eigenvalue weighted by atomic mass is 79.9. The number of carbonyl (C=O) groups is 1. The molecule has 0 spiro atoms. The summed E-state index contributed by atoms with van der Waals surface area (Å²) in [6, 6.07) is 15.1. The van der Waals surface area contributed by atoms with Gasteiger partial charge in [-0.3, -0.25) is 9.69 Å². The molecule has 0 unspecified atom stereocenters. The van der Waals surface area contributed by atoms with Crippen molar-refractivity contribution < 1.29 is 19.0 Å². The lowest BCUT2D eigenvalue weighted by molar-refractivity contribution is -0.119. The largest absolute Gasteiger partial charge is 0.457 e. The van der Waals surface area contributed by atoms with E-state index in [0.29, 0.717) is 25.7 Å². The van der Waals surface area contributed by atoms with Gasteiger partial charge in [0.1, 0.15) is 11.5 Å². The van der Waals surface area contributed by atoms with Crippen molar-refractivity contribution >= 4 is 27.5 Å². The molecule has 7 heteroatoms. The first kappa shape index (κ1) is 20.3. The molecule has 2 aromatic carbocycles. The van der Waals surface area contributed by atoms with Crippen molar-refractivity contribution in [3.8, 4) is 11.5 Å². The second-order valence-corrected chi connectivity index (χ2v) is 8.27. The molecule has 2 saturated heterocycles. The van der Waals surface area contributed by atoms with Crippen molar-refractivity contribution in [2.24, 2.45) is 5.92 Å². The predicted molar refractivity (Wildman–Crippen MR) is 114 cm³/mol. The van der Waals surface area contributed by atoms with Gasteiger partial charge in [0.05, 0.1) is 19.8 Å². The average molecular weight is 461 g/mol. The maximum absolute atomic E-state index is 12.4. The zero-order valence-corrected chi connectivity index (χ0v) is 17.8. The van der Waals surface area contributed by atoms with Gasteiger partial charge in [-0.05, 0) is 74.5 Å². The number of amides is 1. The Balaban J connectivity index is 1.22. The molecule has 0 bridgehead atoms. The molecule has 2 aliphatic heterocycles. The molecule has 1 amide bonds. The Labute approximate surface area is 179 Å². The molecule has 2 aliphatic rings. The number of ether oxygens (including phenoxy) is 3. The summed E-state index contributed by atoms with van der Waals surface area (Å²) < 4.78 is 18.0. The van der Waals surface area contributed by atoms with Crippen LogP contribution in [0.2, 0.25) is 0 Å². The fourth-order valence-electron chi connectivity index (χ4n) is 3.68. The van der Waals surface area contributed by atoms with E-state index in [-0.39, 0.29) is 12.2 Å². The topological polar surface area (TPSA) is 60.0 Å². The van der Waals surface area contributed by atoms with Crippen LogP contribution in [0.1, 0.15) is 12.8 Å². The van der Waals surface area contributed by atoms with Crippen LogP contribution in [0.15, 0.2) is 53.0 Å². The molecular weight excluding hydrogens is 436 g/mol. The minimum atomic E-state index is -0.0517. The molecule has 2 aromatic rings. The van der Waals surface area contributed by atoms with Crippen molar-refractivity contribution in [2.45, 2.75) is 19.1 Å². The standard InChI is InChI=1S/C22H25BrN2O4/c23-17-1-5-19(6-2-17)29-20-7-3-18(4-8-20)24-21(26)15-25-11-9-16(10-12-25)22-27-13-14-28-22/h1-8,16,22H,9-15H2,(H,24,26). The first-order valence-electron chi connectivity index (χ1n) is 9.94. The van der Waals surface area contributed by atoms with Crippen LogP contribution in [0, 0.1) is 5.92 Å². The summed E-state index contributed by atoms with van der Waals surface area (Å²) in [7, 11) is 0. The molecule has 4 rings (SSSR count). The Bertz CT molecular complexity index is 799. The van der Waals surface area contributed by atoms with E-state index in [1.54, 1.807) is 0 Å². The number of nitrogens with zero attached hydrogens (tertiary/aromatic N) is 1. The van der Waals surface area contributed by atoms with Crippen LogP contribution in [0.25, 0.3) is 0 Å². The number of hydrogen-bond acceptors (Lipinski definition) is 5. The first-order chi connectivity index (χ1) is 14.2. The van der Waals surface area contributed by atoms with Gasteiger partial charge in [0.25, 0.3) is 0 Å². The molecular formula is C22H25BrN2O4. The van der Waals surface area contributed by atoms with Crippen LogP contribution < -0.4 is 10.1 Å². The molecule has 0 radical (unpaired) electrons. The van der Waals surface area contributed by atoms with Crippen molar-refractivity contribution in [2.75, 3.05) is 38.2 Å². The number of anilines is 1. The molecule has 0 atom stereocenters. The number of rotatable bonds is 6. The van der Waals surface area contributed by atoms with Gasteiger partial charge in [0, 0.05) is 16.1 Å². The third kappa shape index (κ3) is 5.79. The summed E-state index contributed by atoms with van der Waals surface area (Å²) >= 11 is 3.41. The second kappa shape index (κ2) is 9.71. The summed E-state index contributed by atoms with van der Waals surface area (Å²) in [6.45, 7) is 3.57. The molecule has 2 fully saturated rings.